The zero-order valence-electron chi connectivity index (χ0n) is 12.8. The first-order chi connectivity index (χ1) is 10.9. The van der Waals surface area contributed by atoms with Crippen LogP contribution in [0.1, 0.15) is 27.3 Å². The van der Waals surface area contributed by atoms with Gasteiger partial charge in [-0.3, -0.25) is 15.1 Å². The van der Waals surface area contributed by atoms with Crippen molar-refractivity contribution < 1.29 is 14.5 Å². The highest BCUT2D eigenvalue weighted by atomic mass is 16.6. The number of nitrogens with zero attached hydrogens (tertiary/aromatic N) is 3. The van der Waals surface area contributed by atoms with E-state index in [1.54, 1.807) is 19.9 Å². The number of hydrogen-bond acceptors (Lipinski definition) is 6. The lowest BCUT2D eigenvalue weighted by molar-refractivity contribution is -0.384. The summed E-state index contributed by atoms with van der Waals surface area (Å²) in [7, 11) is 1.21. The smallest absolute Gasteiger partial charge is 0.340 e. The van der Waals surface area contributed by atoms with E-state index in [1.165, 1.54) is 25.3 Å². The van der Waals surface area contributed by atoms with Crippen LogP contribution in [0.2, 0.25) is 0 Å². The van der Waals surface area contributed by atoms with Gasteiger partial charge in [-0.2, -0.15) is 5.26 Å². The zero-order valence-corrected chi connectivity index (χ0v) is 12.8. The van der Waals surface area contributed by atoms with E-state index in [4.69, 9.17) is 4.74 Å². The number of nitriles is 1. The van der Waals surface area contributed by atoms with Crippen molar-refractivity contribution in [3.63, 3.8) is 0 Å². The minimum atomic E-state index is -0.695. The van der Waals surface area contributed by atoms with Crippen LogP contribution in [0.4, 0.5) is 5.69 Å². The van der Waals surface area contributed by atoms with Crippen molar-refractivity contribution >= 4 is 11.7 Å². The predicted molar refractivity (Wildman–Crippen MR) is 81.9 cm³/mol. The third kappa shape index (κ3) is 2.74. The maximum atomic E-state index is 12.1. The highest BCUT2D eigenvalue weighted by Gasteiger charge is 2.27. The van der Waals surface area contributed by atoms with Crippen molar-refractivity contribution in [3.05, 3.63) is 56.9 Å². The van der Waals surface area contributed by atoms with Crippen LogP contribution in [0.25, 0.3) is 11.1 Å². The number of esters is 1. The van der Waals surface area contributed by atoms with Gasteiger partial charge in [0.2, 0.25) is 0 Å². The molecule has 0 aliphatic carbocycles. The summed E-state index contributed by atoms with van der Waals surface area (Å²) in [6.45, 7) is 3.21. The van der Waals surface area contributed by atoms with E-state index in [0.29, 0.717) is 11.4 Å². The summed E-state index contributed by atoms with van der Waals surface area (Å²) < 4.78 is 4.76. The van der Waals surface area contributed by atoms with Crippen LogP contribution in [-0.4, -0.2) is 23.0 Å². The van der Waals surface area contributed by atoms with Crippen LogP contribution in [0.3, 0.4) is 0 Å². The molecule has 0 aliphatic heterocycles. The number of methoxy groups -OCH3 is 1. The molecule has 0 aliphatic rings. The van der Waals surface area contributed by atoms with Crippen LogP contribution in [0.5, 0.6) is 0 Å². The van der Waals surface area contributed by atoms with E-state index in [2.05, 4.69) is 4.98 Å². The van der Waals surface area contributed by atoms with Crippen LogP contribution in [0.15, 0.2) is 24.3 Å². The normalized spacial score (nSPS) is 10.0. The molecule has 1 aromatic heterocycles. The Kier molecular flexibility index (Phi) is 4.37. The van der Waals surface area contributed by atoms with Gasteiger partial charge in [-0.05, 0) is 19.9 Å². The van der Waals surface area contributed by atoms with Crippen LogP contribution >= 0.6 is 0 Å². The Balaban J connectivity index is 2.99. The van der Waals surface area contributed by atoms with Crippen molar-refractivity contribution in [1.29, 1.82) is 5.26 Å². The number of hydrogen-bond donors (Lipinski definition) is 0. The zero-order chi connectivity index (χ0) is 17.1. The van der Waals surface area contributed by atoms with Crippen molar-refractivity contribution in [2.45, 2.75) is 13.8 Å². The number of pyridine rings is 1. The van der Waals surface area contributed by atoms with Gasteiger partial charge >= 0.3 is 5.97 Å². The van der Waals surface area contributed by atoms with Crippen LogP contribution < -0.4 is 0 Å². The average Bonchev–Trinajstić information content (AvgIpc) is 2.53. The first-order valence-corrected chi connectivity index (χ1v) is 6.65. The molecule has 0 unspecified atom stereocenters. The van der Waals surface area contributed by atoms with Crippen molar-refractivity contribution in [2.75, 3.05) is 7.11 Å². The lowest BCUT2D eigenvalue weighted by Gasteiger charge is -2.14. The molecule has 0 spiro atoms. The van der Waals surface area contributed by atoms with Gasteiger partial charge in [0.25, 0.3) is 5.69 Å². The van der Waals surface area contributed by atoms with Crippen LogP contribution in [-0.2, 0) is 4.74 Å². The molecule has 0 N–H and O–H groups in total. The van der Waals surface area contributed by atoms with E-state index in [1.807, 2.05) is 6.07 Å². The fourth-order valence-electron chi connectivity index (χ4n) is 2.45. The van der Waals surface area contributed by atoms with Gasteiger partial charge in [0.15, 0.2) is 0 Å². The molecule has 116 valence electrons. The Bertz CT molecular complexity index is 853. The molecule has 7 nitrogen and oxygen atoms in total. The number of aromatic nitrogens is 1. The topological polar surface area (TPSA) is 106 Å². The number of nitro benzene ring substituents is 1. The number of benzene rings is 1. The molecule has 0 saturated heterocycles. The number of rotatable bonds is 3. The van der Waals surface area contributed by atoms with Gasteiger partial charge in [0.1, 0.15) is 6.07 Å². The minimum absolute atomic E-state index is 0.0592. The Morgan fingerprint density at radius 2 is 1.96 bits per heavy atom. The molecule has 7 heteroatoms. The fourth-order valence-corrected chi connectivity index (χ4v) is 2.45. The summed E-state index contributed by atoms with van der Waals surface area (Å²) >= 11 is 0. The molecule has 0 amide bonds. The van der Waals surface area contributed by atoms with Crippen molar-refractivity contribution in [3.8, 4) is 17.2 Å². The number of carbonyl (C=O) groups is 1. The Labute approximate surface area is 132 Å². The number of carbonyl (C=O) groups excluding carboxylic acids is 1. The molecule has 0 bridgehead atoms. The van der Waals surface area contributed by atoms with E-state index < -0.39 is 10.9 Å². The van der Waals surface area contributed by atoms with Gasteiger partial charge in [-0.25, -0.2) is 4.79 Å². The van der Waals surface area contributed by atoms with Gasteiger partial charge in [-0.15, -0.1) is 0 Å². The molecule has 1 aromatic carbocycles. The van der Waals surface area contributed by atoms with E-state index >= 15 is 0 Å². The number of ether oxygens (including phenoxy) is 1. The first kappa shape index (κ1) is 16.1. The van der Waals surface area contributed by atoms with Crippen LogP contribution in [0, 0.1) is 35.3 Å². The third-order valence-corrected chi connectivity index (χ3v) is 3.43. The van der Waals surface area contributed by atoms with Crippen molar-refractivity contribution in [2.24, 2.45) is 0 Å². The molecule has 2 aromatic rings. The largest absolute Gasteiger partial charge is 0.465 e. The Morgan fingerprint density at radius 1 is 1.30 bits per heavy atom. The van der Waals surface area contributed by atoms with Gasteiger partial charge < -0.3 is 4.74 Å². The molecular formula is C16H13N3O4. The van der Waals surface area contributed by atoms with Gasteiger partial charge in [-0.1, -0.05) is 12.1 Å². The van der Waals surface area contributed by atoms with E-state index in [0.717, 1.165) is 0 Å². The summed E-state index contributed by atoms with van der Waals surface area (Å²) in [5.41, 5.74) is 1.08. The lowest BCUT2D eigenvalue weighted by Crippen LogP contribution is -2.11. The van der Waals surface area contributed by atoms with Gasteiger partial charge in [0, 0.05) is 11.6 Å². The highest BCUT2D eigenvalue weighted by molar-refractivity contribution is 6.01. The van der Waals surface area contributed by atoms with E-state index in [-0.39, 0.29) is 27.9 Å². The summed E-state index contributed by atoms with van der Waals surface area (Å²) in [5.74, 6) is -0.695. The summed E-state index contributed by atoms with van der Waals surface area (Å²) in [4.78, 5) is 27.1. The fraction of sp³-hybridized carbons (Fsp3) is 0.188. The average molecular weight is 311 g/mol. The molecule has 0 radical (unpaired) electrons. The lowest BCUT2D eigenvalue weighted by atomic mass is 9.92. The second-order valence-electron chi connectivity index (χ2n) is 4.79. The molecule has 23 heavy (non-hydrogen) atoms. The molecular weight excluding hydrogens is 298 g/mol. The molecule has 0 fully saturated rings. The summed E-state index contributed by atoms with van der Waals surface area (Å²) in [6, 6.07) is 7.93. The quantitative estimate of drug-likeness (QED) is 0.490. The molecule has 0 saturated carbocycles. The third-order valence-electron chi connectivity index (χ3n) is 3.43. The number of para-hydroxylation sites is 1. The molecule has 1 heterocycles. The molecule has 2 rings (SSSR count). The minimum Gasteiger partial charge on any atom is -0.465 e. The highest BCUT2D eigenvalue weighted by Crippen LogP contribution is 2.36. The maximum absolute atomic E-state index is 12.1. The maximum Gasteiger partial charge on any atom is 0.340 e. The summed E-state index contributed by atoms with van der Waals surface area (Å²) in [6.07, 6.45) is 0. The first-order valence-electron chi connectivity index (χ1n) is 6.65. The summed E-state index contributed by atoms with van der Waals surface area (Å²) in [5, 5.41) is 20.8. The van der Waals surface area contributed by atoms with E-state index in [9.17, 15) is 20.2 Å². The molecule has 0 atom stereocenters. The van der Waals surface area contributed by atoms with Gasteiger partial charge in [0.05, 0.1) is 40.1 Å². The standard InChI is InChI=1S/C16H13N3O4/c1-9-12(8-17)15(14(10(2)18-9)16(20)23-3)11-6-4-5-7-13(11)19(21)22/h4-7H,1-3H3. The monoisotopic (exact) mass is 311 g/mol. The number of nitro groups is 1. The SMILES string of the molecule is COC(=O)c1c(C)nc(C)c(C#N)c1-c1ccccc1[N+](=O)[O-]. The number of aryl methyl sites for hydroxylation is 2. The second-order valence-corrected chi connectivity index (χ2v) is 4.79. The Hall–Kier alpha value is -3.27. The predicted octanol–water partition coefficient (Wildman–Crippen LogP) is 2.93. The Morgan fingerprint density at radius 3 is 2.52 bits per heavy atom. The van der Waals surface area contributed by atoms with Crippen molar-refractivity contribution in [1.82, 2.24) is 4.98 Å². The second kappa shape index (κ2) is 6.23.